The van der Waals surface area contributed by atoms with Gasteiger partial charge in [0.2, 0.25) is 11.8 Å². The second kappa shape index (κ2) is 17.4. The van der Waals surface area contributed by atoms with Crippen LogP contribution in [0, 0.1) is 6.92 Å². The fraction of sp³-hybridized carbons (Fsp3) is 0.282. The lowest BCUT2D eigenvalue weighted by Gasteiger charge is -2.23. The molecule has 0 spiro atoms. The van der Waals surface area contributed by atoms with E-state index >= 15 is 0 Å². The minimum Gasteiger partial charge on any atom is -0.478 e. The normalized spacial score (nSPS) is 18.5. The third-order valence-corrected chi connectivity index (χ3v) is 9.11. The Labute approximate surface area is 323 Å². The number of aliphatic carboxylic acids is 1. The predicted molar refractivity (Wildman–Crippen MR) is 196 cm³/mol. The van der Waals surface area contributed by atoms with Crippen LogP contribution in [0.3, 0.4) is 0 Å². The molecule has 3 heterocycles. The van der Waals surface area contributed by atoms with Gasteiger partial charge in [0.1, 0.15) is 30.3 Å². The molecule has 2 amide bonds. The SMILES string of the molecule is Cc1cc(OCCCc2ccc3c(c2)C(=O)NCC(=O)N3c2ccc(C[C@@]3(C(=O)OCc4ccccc4)NC3(C=O)CC=O)cc2)nc(N)n1.O=C(O)C(F)(F)F. The molecule has 1 aromatic heterocycles. The number of aryl methyl sites for hydroxylation is 2. The van der Waals surface area contributed by atoms with Gasteiger partial charge in [-0.15, -0.1) is 0 Å². The minimum absolute atomic E-state index is 0.00908. The molecule has 1 saturated heterocycles. The van der Waals surface area contributed by atoms with E-state index in [4.69, 9.17) is 25.1 Å². The first-order valence-corrected chi connectivity index (χ1v) is 17.4. The first-order valence-electron chi connectivity index (χ1n) is 17.4. The summed E-state index contributed by atoms with van der Waals surface area (Å²) in [4.78, 5) is 82.0. The van der Waals surface area contributed by atoms with E-state index in [2.05, 4.69) is 20.6 Å². The zero-order valence-corrected chi connectivity index (χ0v) is 30.4. The molecule has 1 unspecified atom stereocenters. The molecule has 3 aromatic carbocycles. The Morgan fingerprint density at radius 2 is 1.67 bits per heavy atom. The molecule has 0 radical (unpaired) electrons. The average Bonchev–Trinajstić information content (AvgIpc) is 3.85. The number of nitrogen functional groups attached to an aromatic ring is 1. The van der Waals surface area contributed by atoms with Crippen LogP contribution in [-0.2, 0) is 48.2 Å². The zero-order valence-electron chi connectivity index (χ0n) is 30.4. The monoisotopic (exact) mass is 790 g/mol. The van der Waals surface area contributed by atoms with Crippen molar-refractivity contribution >= 4 is 53.6 Å². The van der Waals surface area contributed by atoms with Crippen molar-refractivity contribution in [2.75, 3.05) is 23.8 Å². The lowest BCUT2D eigenvalue weighted by molar-refractivity contribution is -0.192. The largest absolute Gasteiger partial charge is 0.490 e. The lowest BCUT2D eigenvalue weighted by Crippen LogP contribution is -2.39. The number of nitrogens with zero attached hydrogens (tertiary/aromatic N) is 3. The maximum absolute atomic E-state index is 13.4. The highest BCUT2D eigenvalue weighted by Gasteiger charge is 2.72. The van der Waals surface area contributed by atoms with Crippen molar-refractivity contribution in [1.29, 1.82) is 0 Å². The van der Waals surface area contributed by atoms with Gasteiger partial charge >= 0.3 is 18.1 Å². The molecule has 2 aliphatic rings. The maximum Gasteiger partial charge on any atom is 0.490 e. The molecule has 0 bridgehead atoms. The van der Waals surface area contributed by atoms with Gasteiger partial charge in [-0.05, 0) is 60.7 Å². The van der Waals surface area contributed by atoms with Gasteiger partial charge in [0, 0.05) is 30.3 Å². The van der Waals surface area contributed by atoms with Crippen LogP contribution in [0.5, 0.6) is 5.88 Å². The van der Waals surface area contributed by atoms with Gasteiger partial charge in [0.15, 0.2) is 0 Å². The van der Waals surface area contributed by atoms with Crippen molar-refractivity contribution in [2.45, 2.75) is 56.5 Å². The number of carboxylic acid groups (broad SMARTS) is 1. The van der Waals surface area contributed by atoms with E-state index in [9.17, 15) is 37.1 Å². The average molecular weight is 791 g/mol. The Bertz CT molecular complexity index is 2130. The highest BCUT2D eigenvalue weighted by molar-refractivity contribution is 6.13. The van der Waals surface area contributed by atoms with Crippen LogP contribution in [0.2, 0.25) is 0 Å². The summed E-state index contributed by atoms with van der Waals surface area (Å²) in [6.45, 7) is 1.99. The van der Waals surface area contributed by atoms with Crippen LogP contribution in [0.25, 0.3) is 0 Å². The molecule has 18 heteroatoms. The second-order valence-corrected chi connectivity index (χ2v) is 13.1. The van der Waals surface area contributed by atoms with Crippen molar-refractivity contribution in [3.05, 3.63) is 107 Å². The fourth-order valence-corrected chi connectivity index (χ4v) is 6.26. The molecular formula is C39H37F3N6O9. The smallest absolute Gasteiger partial charge is 0.478 e. The fourth-order valence-electron chi connectivity index (χ4n) is 6.26. The highest BCUT2D eigenvalue weighted by atomic mass is 19.4. The number of anilines is 3. The molecule has 0 saturated carbocycles. The van der Waals surface area contributed by atoms with Gasteiger partial charge in [0.25, 0.3) is 11.8 Å². The number of carbonyl (C=O) groups is 6. The number of carbonyl (C=O) groups excluding carboxylic acids is 5. The molecule has 2 aliphatic heterocycles. The standard InChI is InChI=1S/C37H36N6O7.C2HF3O2/c1-24-18-31(41-35(38)40-24)49-17-5-8-25-11-14-30-29(19-25)33(47)39-21-32(46)43(30)28-12-9-26(10-13-28)20-37(36(23-45,42-37)15-16-44)34(48)50-22-27-6-3-2-4-7-27;3-2(4,5)1(6)7/h2-4,6-7,9-14,16,18-19,23,42H,5,8,15,17,20-22H2,1H3,(H,39,47)(H2,38,40,41);(H,6,7)/t36?,37-;/m0./s1. The number of hydrogen-bond acceptors (Lipinski definition) is 12. The molecule has 4 aromatic rings. The molecular weight excluding hydrogens is 753 g/mol. The maximum atomic E-state index is 13.4. The number of nitrogens with one attached hydrogen (secondary N) is 2. The molecule has 2 atom stereocenters. The number of hydrogen-bond donors (Lipinski definition) is 4. The molecule has 0 aliphatic carbocycles. The number of rotatable bonds is 14. The number of ether oxygens (including phenoxy) is 2. The quantitative estimate of drug-likeness (QED) is 0.0621. The number of aromatic nitrogens is 2. The summed E-state index contributed by atoms with van der Waals surface area (Å²) in [5.74, 6) is -3.56. The Morgan fingerprint density at radius 1 is 0.982 bits per heavy atom. The summed E-state index contributed by atoms with van der Waals surface area (Å²) in [7, 11) is 0. The summed E-state index contributed by atoms with van der Waals surface area (Å²) in [5.41, 5.74) is 7.21. The topological polar surface area (TPSA) is 230 Å². The van der Waals surface area contributed by atoms with Gasteiger partial charge in [-0.1, -0.05) is 48.5 Å². The Morgan fingerprint density at radius 3 is 2.30 bits per heavy atom. The van der Waals surface area contributed by atoms with E-state index in [0.29, 0.717) is 66.1 Å². The van der Waals surface area contributed by atoms with Gasteiger partial charge in [-0.25, -0.2) is 14.6 Å². The summed E-state index contributed by atoms with van der Waals surface area (Å²) in [5, 5.41) is 12.8. The van der Waals surface area contributed by atoms with E-state index in [-0.39, 0.29) is 43.8 Å². The number of esters is 1. The van der Waals surface area contributed by atoms with E-state index < -0.39 is 29.2 Å². The van der Waals surface area contributed by atoms with Gasteiger partial charge < -0.3 is 35.2 Å². The van der Waals surface area contributed by atoms with E-state index in [1.807, 2.05) is 36.4 Å². The molecule has 5 N–H and O–H groups in total. The number of alkyl halides is 3. The van der Waals surface area contributed by atoms with Crippen LogP contribution in [0.15, 0.2) is 78.9 Å². The minimum atomic E-state index is -5.08. The van der Waals surface area contributed by atoms with Crippen molar-refractivity contribution in [2.24, 2.45) is 0 Å². The van der Waals surface area contributed by atoms with Crippen molar-refractivity contribution in [3.8, 4) is 5.88 Å². The van der Waals surface area contributed by atoms with E-state index in [1.54, 1.807) is 49.4 Å². The molecule has 1 fully saturated rings. The van der Waals surface area contributed by atoms with Crippen molar-refractivity contribution in [1.82, 2.24) is 20.6 Å². The van der Waals surface area contributed by atoms with Crippen LogP contribution in [-0.4, -0.2) is 81.8 Å². The number of carboxylic acids is 1. The van der Waals surface area contributed by atoms with E-state index in [1.165, 1.54) is 4.90 Å². The van der Waals surface area contributed by atoms with Gasteiger partial charge in [0.05, 0.1) is 24.4 Å². The lowest BCUT2D eigenvalue weighted by atomic mass is 9.85. The Hall–Kier alpha value is -6.69. The first-order chi connectivity index (χ1) is 27.1. The number of nitrogens with two attached hydrogens (primary N) is 1. The van der Waals surface area contributed by atoms with Crippen molar-refractivity contribution < 1.29 is 56.5 Å². The first kappa shape index (κ1) is 41.5. The van der Waals surface area contributed by atoms with Crippen LogP contribution < -0.4 is 26.0 Å². The summed E-state index contributed by atoms with van der Waals surface area (Å²) in [6.07, 6.45) is -2.77. The number of halogens is 3. The number of fused-ring (bicyclic) bond motifs is 1. The molecule has 15 nitrogen and oxygen atoms in total. The number of benzene rings is 3. The number of amides is 2. The Balaban J connectivity index is 0.000000811. The molecule has 57 heavy (non-hydrogen) atoms. The summed E-state index contributed by atoms with van der Waals surface area (Å²) < 4.78 is 43.1. The van der Waals surface area contributed by atoms with Gasteiger partial charge in [-0.2, -0.15) is 18.2 Å². The number of aldehydes is 2. The van der Waals surface area contributed by atoms with Crippen molar-refractivity contribution in [3.63, 3.8) is 0 Å². The third kappa shape index (κ3) is 9.77. The molecule has 6 rings (SSSR count). The van der Waals surface area contributed by atoms with Crippen LogP contribution >= 0.6 is 0 Å². The Kier molecular flexibility index (Phi) is 12.7. The molecule has 298 valence electrons. The van der Waals surface area contributed by atoms with Crippen LogP contribution in [0.1, 0.15) is 45.6 Å². The zero-order chi connectivity index (χ0) is 41.4. The van der Waals surface area contributed by atoms with Crippen LogP contribution in [0.4, 0.5) is 30.5 Å². The summed E-state index contributed by atoms with van der Waals surface area (Å²) in [6, 6.07) is 23.2. The van der Waals surface area contributed by atoms with Gasteiger partial charge in [-0.3, -0.25) is 19.8 Å². The highest BCUT2D eigenvalue weighted by Crippen LogP contribution is 2.44. The predicted octanol–water partition coefficient (Wildman–Crippen LogP) is 3.57. The van der Waals surface area contributed by atoms with E-state index in [0.717, 1.165) is 11.1 Å². The third-order valence-electron chi connectivity index (χ3n) is 9.11. The summed E-state index contributed by atoms with van der Waals surface area (Å²) >= 11 is 0. The second-order valence-electron chi connectivity index (χ2n) is 13.1.